The number of hydrogen-bond acceptors (Lipinski definition) is 4. The molecule has 0 aliphatic rings. The summed E-state index contributed by atoms with van der Waals surface area (Å²) in [6.45, 7) is 10.7. The Balaban J connectivity index is 2.11. The first-order chi connectivity index (χ1) is 14.0. The molecule has 0 heterocycles. The topological polar surface area (TPSA) is 64.6 Å². The largest absolute Gasteiger partial charge is 0.445 e. The normalized spacial score (nSPS) is 12.9. The van der Waals surface area contributed by atoms with E-state index in [-0.39, 0.29) is 24.0 Å². The van der Waals surface area contributed by atoms with Crippen molar-refractivity contribution in [1.29, 1.82) is 0 Å². The molecule has 5 nitrogen and oxygen atoms in total. The van der Waals surface area contributed by atoms with Gasteiger partial charge in [-0.05, 0) is 35.8 Å². The van der Waals surface area contributed by atoms with Gasteiger partial charge < -0.3 is 14.5 Å². The quantitative estimate of drug-likeness (QED) is 0.407. The summed E-state index contributed by atoms with van der Waals surface area (Å²) in [5.41, 5.74) is 1.28. The maximum Gasteiger partial charge on any atom is 0.408 e. The van der Waals surface area contributed by atoms with E-state index in [0.717, 1.165) is 5.56 Å². The van der Waals surface area contributed by atoms with Gasteiger partial charge in [0, 0.05) is 10.6 Å². The van der Waals surface area contributed by atoms with E-state index >= 15 is 0 Å². The molecule has 7 heteroatoms. The molecule has 1 N–H and O–H groups in total. The van der Waals surface area contributed by atoms with E-state index in [1.165, 1.54) is 0 Å². The molecule has 1 amide bonds. The van der Waals surface area contributed by atoms with Gasteiger partial charge in [0.25, 0.3) is 0 Å². The van der Waals surface area contributed by atoms with Crippen molar-refractivity contribution in [2.45, 2.75) is 51.6 Å². The van der Waals surface area contributed by atoms with Gasteiger partial charge >= 0.3 is 6.09 Å². The molecular weight excluding hydrogens is 418 g/mol. The molecule has 1 atom stereocenters. The molecule has 162 valence electrons. The van der Waals surface area contributed by atoms with Gasteiger partial charge in [0.15, 0.2) is 14.1 Å². The molecule has 30 heavy (non-hydrogen) atoms. The highest BCUT2D eigenvalue weighted by molar-refractivity contribution is 6.74. The van der Waals surface area contributed by atoms with Gasteiger partial charge in [-0.25, -0.2) is 4.79 Å². The Morgan fingerprint density at radius 3 is 2.33 bits per heavy atom. The Hall–Kier alpha value is -2.15. The van der Waals surface area contributed by atoms with Crippen molar-refractivity contribution in [1.82, 2.24) is 5.32 Å². The predicted molar refractivity (Wildman–Crippen MR) is 122 cm³/mol. The Morgan fingerprint density at radius 2 is 1.73 bits per heavy atom. The van der Waals surface area contributed by atoms with Gasteiger partial charge in [0.05, 0.1) is 6.61 Å². The van der Waals surface area contributed by atoms with Crippen molar-refractivity contribution in [3.05, 3.63) is 70.7 Å². The summed E-state index contributed by atoms with van der Waals surface area (Å²) in [5, 5.41) is 3.10. The lowest BCUT2D eigenvalue weighted by Crippen LogP contribution is -2.49. The van der Waals surface area contributed by atoms with Crippen LogP contribution in [0.4, 0.5) is 4.79 Å². The SMILES string of the molecule is CC(C)(C)[Si](C)(C)OC[C@@H](NC(=O)OCc1ccccc1)C(=O)c1cccc(Cl)c1. The molecule has 2 aromatic rings. The van der Waals surface area contributed by atoms with E-state index in [1.807, 2.05) is 30.3 Å². The number of nitrogens with one attached hydrogen (secondary N) is 1. The van der Waals surface area contributed by atoms with Gasteiger partial charge in [0.2, 0.25) is 0 Å². The summed E-state index contributed by atoms with van der Waals surface area (Å²) in [6.07, 6.45) is -0.668. The predicted octanol–water partition coefficient (Wildman–Crippen LogP) is 5.84. The van der Waals surface area contributed by atoms with Gasteiger partial charge in [-0.15, -0.1) is 0 Å². The van der Waals surface area contributed by atoms with Crippen molar-refractivity contribution in [2.24, 2.45) is 0 Å². The Morgan fingerprint density at radius 1 is 1.07 bits per heavy atom. The summed E-state index contributed by atoms with van der Waals surface area (Å²) in [7, 11) is -2.12. The van der Waals surface area contributed by atoms with Gasteiger partial charge in [0.1, 0.15) is 12.6 Å². The van der Waals surface area contributed by atoms with Crippen molar-refractivity contribution in [3.63, 3.8) is 0 Å². The number of amides is 1. The van der Waals surface area contributed by atoms with Crippen LogP contribution in [0.25, 0.3) is 0 Å². The number of rotatable bonds is 8. The van der Waals surface area contributed by atoms with E-state index in [4.69, 9.17) is 20.8 Å². The summed E-state index contributed by atoms with van der Waals surface area (Å²) in [6, 6.07) is 15.1. The molecule has 2 aromatic carbocycles. The standard InChI is InChI=1S/C23H30ClNO4Si/c1-23(2,3)30(4,5)29-16-20(21(26)18-12-9-13-19(24)14-18)25-22(27)28-15-17-10-7-6-8-11-17/h6-14,20H,15-16H2,1-5H3,(H,25,27)/t20-/m1/s1. The van der Waals surface area contributed by atoms with Gasteiger partial charge in [-0.3, -0.25) is 4.79 Å². The van der Waals surface area contributed by atoms with E-state index < -0.39 is 20.5 Å². The highest BCUT2D eigenvalue weighted by Crippen LogP contribution is 2.36. The number of carbonyl (C=O) groups excluding carboxylic acids is 2. The molecule has 0 unspecified atom stereocenters. The second-order valence-corrected chi connectivity index (χ2v) is 14.0. The summed E-state index contributed by atoms with van der Waals surface area (Å²) in [5.74, 6) is -0.270. The maximum absolute atomic E-state index is 13.1. The fourth-order valence-electron chi connectivity index (χ4n) is 2.44. The number of benzene rings is 2. The van der Waals surface area contributed by atoms with Crippen molar-refractivity contribution in [2.75, 3.05) is 6.61 Å². The number of ketones is 1. The molecule has 0 aliphatic carbocycles. The van der Waals surface area contributed by atoms with Crippen LogP contribution in [-0.4, -0.2) is 32.8 Å². The first kappa shape index (κ1) is 24.1. The monoisotopic (exact) mass is 447 g/mol. The Kier molecular flexibility index (Phi) is 8.23. The van der Waals surface area contributed by atoms with Crippen molar-refractivity contribution < 1.29 is 18.8 Å². The molecule has 0 aliphatic heterocycles. The van der Waals surface area contributed by atoms with Gasteiger partial charge in [-0.2, -0.15) is 0 Å². The average molecular weight is 448 g/mol. The number of Topliss-reactive ketones (excluding diaryl/α,β-unsaturated/α-hetero) is 1. The maximum atomic E-state index is 13.1. The minimum Gasteiger partial charge on any atom is -0.445 e. The molecule has 0 saturated carbocycles. The number of alkyl carbamates (subject to hydrolysis) is 1. The van der Waals surface area contributed by atoms with Crippen LogP contribution in [0, 0.1) is 0 Å². The number of halogens is 1. The van der Waals surface area contributed by atoms with E-state index in [9.17, 15) is 9.59 Å². The van der Waals surface area contributed by atoms with E-state index in [0.29, 0.717) is 10.6 Å². The Labute approximate surface area is 184 Å². The molecule has 0 bridgehead atoms. The first-order valence-corrected chi connectivity index (χ1v) is 13.2. The van der Waals surface area contributed by atoms with E-state index in [2.05, 4.69) is 39.2 Å². The van der Waals surface area contributed by atoms with Gasteiger partial charge in [-0.1, -0.05) is 74.8 Å². The summed E-state index contributed by atoms with van der Waals surface area (Å²) < 4.78 is 11.5. The lowest BCUT2D eigenvalue weighted by molar-refractivity contribution is 0.0869. The highest BCUT2D eigenvalue weighted by Gasteiger charge is 2.38. The molecule has 0 radical (unpaired) electrons. The fourth-order valence-corrected chi connectivity index (χ4v) is 3.65. The second kappa shape index (κ2) is 10.2. The van der Waals surface area contributed by atoms with Crippen LogP contribution in [0.3, 0.4) is 0 Å². The minimum absolute atomic E-state index is 0.0233. The van der Waals surface area contributed by atoms with Crippen LogP contribution in [0.2, 0.25) is 23.2 Å². The molecule has 0 saturated heterocycles. The zero-order valence-electron chi connectivity index (χ0n) is 18.2. The zero-order chi connectivity index (χ0) is 22.4. The average Bonchev–Trinajstić information content (AvgIpc) is 2.69. The van der Waals surface area contributed by atoms with Crippen molar-refractivity contribution in [3.8, 4) is 0 Å². The number of carbonyl (C=O) groups is 2. The highest BCUT2D eigenvalue weighted by atomic mass is 35.5. The smallest absolute Gasteiger partial charge is 0.408 e. The second-order valence-electron chi connectivity index (χ2n) is 8.70. The summed E-state index contributed by atoms with van der Waals surface area (Å²) >= 11 is 6.04. The minimum atomic E-state index is -2.12. The lowest BCUT2D eigenvalue weighted by atomic mass is 10.1. The zero-order valence-corrected chi connectivity index (χ0v) is 20.0. The van der Waals surface area contributed by atoms with E-state index in [1.54, 1.807) is 24.3 Å². The molecule has 0 aromatic heterocycles. The van der Waals surface area contributed by atoms with Crippen LogP contribution in [0.15, 0.2) is 54.6 Å². The fraction of sp³-hybridized carbons (Fsp3) is 0.391. The number of ether oxygens (including phenoxy) is 1. The molecular formula is C23H30ClNO4Si. The van der Waals surface area contributed by atoms with Crippen LogP contribution in [-0.2, 0) is 15.8 Å². The van der Waals surface area contributed by atoms with Crippen molar-refractivity contribution >= 4 is 31.8 Å². The molecule has 2 rings (SSSR count). The lowest BCUT2D eigenvalue weighted by Gasteiger charge is -2.37. The third-order valence-corrected chi connectivity index (χ3v) is 10.1. The Bertz CT molecular complexity index is 865. The van der Waals surface area contributed by atoms with Crippen LogP contribution >= 0.6 is 11.6 Å². The van der Waals surface area contributed by atoms with Crippen LogP contribution < -0.4 is 5.32 Å². The van der Waals surface area contributed by atoms with Crippen LogP contribution in [0.5, 0.6) is 0 Å². The number of hydrogen-bond donors (Lipinski definition) is 1. The molecule has 0 spiro atoms. The third kappa shape index (κ3) is 6.97. The first-order valence-electron chi connectivity index (χ1n) is 9.90. The third-order valence-electron chi connectivity index (χ3n) is 5.35. The summed E-state index contributed by atoms with van der Waals surface area (Å²) in [4.78, 5) is 25.5. The van der Waals surface area contributed by atoms with Crippen LogP contribution in [0.1, 0.15) is 36.7 Å². The molecule has 0 fully saturated rings.